The van der Waals surface area contributed by atoms with E-state index in [1.54, 1.807) is 5.57 Å². The molecule has 0 radical (unpaired) electrons. The molecule has 5 nitrogen and oxygen atoms in total. The Bertz CT molecular complexity index is 1710. The molecule has 1 N–H and O–H groups in total. The summed E-state index contributed by atoms with van der Waals surface area (Å²) >= 11 is 0. The molecule has 0 saturated heterocycles. The summed E-state index contributed by atoms with van der Waals surface area (Å²) in [6.45, 7) is 11.8. The van der Waals surface area contributed by atoms with Crippen LogP contribution in [0.5, 0.6) is 0 Å². The zero-order valence-corrected chi connectivity index (χ0v) is 28.3. The van der Waals surface area contributed by atoms with E-state index in [9.17, 15) is 9.59 Å². The van der Waals surface area contributed by atoms with Gasteiger partial charge in [-0.2, -0.15) is 4.98 Å². The molecular formula is C40H53N3O2. The fraction of sp³-hybridized carbons (Fsp3) is 0.625. The highest BCUT2D eigenvalue weighted by atomic mass is 16.2. The number of pyridine rings is 1. The summed E-state index contributed by atoms with van der Waals surface area (Å²) in [5.74, 6) is 3.68. The van der Waals surface area contributed by atoms with Crippen LogP contribution in [0.3, 0.4) is 0 Å². The number of aromatic nitrogens is 3. The summed E-state index contributed by atoms with van der Waals surface area (Å²) in [5.41, 5.74) is 7.40. The van der Waals surface area contributed by atoms with E-state index >= 15 is 0 Å². The van der Waals surface area contributed by atoms with Crippen molar-refractivity contribution in [1.82, 2.24) is 14.5 Å². The molecule has 1 aromatic rings. The first-order valence-corrected chi connectivity index (χ1v) is 18.1. The molecule has 240 valence electrons. The van der Waals surface area contributed by atoms with Crippen molar-refractivity contribution in [2.24, 2.45) is 34.5 Å². The van der Waals surface area contributed by atoms with E-state index in [2.05, 4.69) is 79.5 Å². The zero-order chi connectivity index (χ0) is 31.5. The normalized spacial score (nSPS) is 30.4. The van der Waals surface area contributed by atoms with Crippen LogP contribution in [-0.2, 0) is 6.42 Å². The Kier molecular flexibility index (Phi) is 7.97. The van der Waals surface area contributed by atoms with Crippen LogP contribution in [0.25, 0.3) is 23.2 Å². The maximum Gasteiger partial charge on any atom is 0.349 e. The van der Waals surface area contributed by atoms with Gasteiger partial charge in [-0.15, -0.1) is 0 Å². The van der Waals surface area contributed by atoms with Crippen molar-refractivity contribution in [2.75, 3.05) is 0 Å². The van der Waals surface area contributed by atoms with Gasteiger partial charge in [0.25, 0.3) is 5.56 Å². The maximum atomic E-state index is 13.2. The molecule has 0 bridgehead atoms. The van der Waals surface area contributed by atoms with Crippen molar-refractivity contribution in [3.63, 3.8) is 0 Å². The van der Waals surface area contributed by atoms with E-state index in [1.807, 2.05) is 0 Å². The summed E-state index contributed by atoms with van der Waals surface area (Å²) < 4.78 is 2.09. The second kappa shape index (κ2) is 11.7. The molecule has 2 aliphatic heterocycles. The first kappa shape index (κ1) is 30.7. The number of hydrogen-bond acceptors (Lipinski definition) is 3. The molecule has 0 amide bonds. The highest BCUT2D eigenvalue weighted by Crippen LogP contribution is 2.67. The lowest BCUT2D eigenvalue weighted by Crippen LogP contribution is -2.51. The van der Waals surface area contributed by atoms with Gasteiger partial charge in [0.1, 0.15) is 0 Å². The monoisotopic (exact) mass is 607 g/mol. The number of aromatic amines is 1. The Morgan fingerprint density at radius 2 is 1.73 bits per heavy atom. The smallest absolute Gasteiger partial charge is 0.294 e. The van der Waals surface area contributed by atoms with Crippen LogP contribution in [0.1, 0.15) is 127 Å². The van der Waals surface area contributed by atoms with Crippen molar-refractivity contribution in [1.29, 1.82) is 0 Å². The van der Waals surface area contributed by atoms with Crippen LogP contribution < -0.4 is 11.2 Å². The summed E-state index contributed by atoms with van der Waals surface area (Å²) in [7, 11) is 0. The topological polar surface area (TPSA) is 67.8 Å². The van der Waals surface area contributed by atoms with Crippen molar-refractivity contribution in [3.8, 4) is 17.1 Å². The first-order chi connectivity index (χ1) is 21.6. The number of nitrogens with zero attached hydrogens (tertiary/aromatic N) is 2. The molecule has 4 aliphatic carbocycles. The predicted molar refractivity (Wildman–Crippen MR) is 184 cm³/mol. The Hall–Kier alpha value is -2.95. The van der Waals surface area contributed by atoms with E-state index in [1.165, 1.54) is 93.7 Å². The van der Waals surface area contributed by atoms with Gasteiger partial charge in [0.15, 0.2) is 5.82 Å². The average molecular weight is 608 g/mol. The molecular weight excluding hydrogens is 554 g/mol. The number of aryl methyl sites for hydroxylation is 2. The molecule has 6 aliphatic rings. The summed E-state index contributed by atoms with van der Waals surface area (Å²) in [6.07, 6.45) is 21.2. The molecule has 1 aromatic carbocycles. The minimum Gasteiger partial charge on any atom is -0.294 e. The second-order valence-corrected chi connectivity index (χ2v) is 15.8. The average Bonchev–Trinajstić information content (AvgIpc) is 3.34. The van der Waals surface area contributed by atoms with Gasteiger partial charge in [0, 0.05) is 5.69 Å². The quantitative estimate of drug-likeness (QED) is 0.260. The van der Waals surface area contributed by atoms with E-state index in [0.717, 1.165) is 42.0 Å². The number of benzene rings is 1. The van der Waals surface area contributed by atoms with Gasteiger partial charge >= 0.3 is 5.69 Å². The molecule has 3 saturated carbocycles. The number of rotatable bonds is 8. The van der Waals surface area contributed by atoms with Crippen LogP contribution in [0.15, 0.2) is 39.4 Å². The fourth-order valence-electron chi connectivity index (χ4n) is 10.8. The zero-order valence-electron chi connectivity index (χ0n) is 28.3. The fourth-order valence-corrected chi connectivity index (χ4v) is 10.8. The minimum absolute atomic E-state index is 0.0992. The summed E-state index contributed by atoms with van der Waals surface area (Å²) in [5, 5.41) is 0. The van der Waals surface area contributed by atoms with Gasteiger partial charge in [0.2, 0.25) is 0 Å². The molecule has 5 heteroatoms. The third-order valence-corrected chi connectivity index (χ3v) is 13.5. The third-order valence-electron chi connectivity index (χ3n) is 13.5. The standard InChI is InChI=1S/C40H53N3O2/c1-6-7-8-9-10-11-12-28-15-18-33-31-17-14-29-23-35-27(24-40(29,5)34(31)19-20-39(28,33)4)22-32-36(41-38(45)42-37(32)44)43(35)30-16-13-25(2)26(3)21-30/h13,16,21-23,28,31,33-34H,6-12,14-15,17-20,24H2,1-5H3,(H,42,44,45)/t28-,31-,33-,34-,39+,40-/m0/s1. The number of fused-ring (bicyclic) bond motifs is 7. The van der Waals surface area contributed by atoms with Crippen LogP contribution >= 0.6 is 0 Å². The highest BCUT2D eigenvalue weighted by molar-refractivity contribution is 5.71. The predicted octanol–water partition coefficient (Wildman–Crippen LogP) is 9.19. The lowest BCUT2D eigenvalue weighted by Gasteiger charge is -2.58. The van der Waals surface area contributed by atoms with Gasteiger partial charge in [-0.3, -0.25) is 14.3 Å². The highest BCUT2D eigenvalue weighted by Gasteiger charge is 2.58. The van der Waals surface area contributed by atoms with Crippen LogP contribution in [0.4, 0.5) is 0 Å². The number of hydrogen-bond donors (Lipinski definition) is 1. The molecule has 45 heavy (non-hydrogen) atoms. The molecule has 2 heterocycles. The van der Waals surface area contributed by atoms with Crippen LogP contribution in [-0.4, -0.2) is 14.5 Å². The Morgan fingerprint density at radius 1 is 0.933 bits per heavy atom. The number of unbranched alkanes of at least 4 members (excludes halogenated alkanes) is 5. The molecule has 6 atom stereocenters. The van der Waals surface area contributed by atoms with Gasteiger partial charge in [-0.25, -0.2) is 4.79 Å². The minimum atomic E-state index is -0.588. The SMILES string of the molecule is CCCCCCCC[C@H]1CC[C@H]2[C@@H]3CCC4=Cc5c(cc6c(=O)[nH]c(=O)nc-6n5-c5ccc(C)c(C)c5)C[C@]4(C)[C@H]3CC[C@]12C. The van der Waals surface area contributed by atoms with E-state index in [4.69, 9.17) is 0 Å². The van der Waals surface area contributed by atoms with Crippen molar-refractivity contribution in [2.45, 2.75) is 125 Å². The van der Waals surface area contributed by atoms with Crippen molar-refractivity contribution >= 4 is 6.08 Å². The number of nitrogens with one attached hydrogen (secondary N) is 1. The van der Waals surface area contributed by atoms with E-state index < -0.39 is 5.69 Å². The van der Waals surface area contributed by atoms with Gasteiger partial charge in [0.05, 0.1) is 11.3 Å². The lowest BCUT2D eigenvalue weighted by molar-refractivity contribution is -0.0478. The molecule has 3 fully saturated rings. The first-order valence-electron chi connectivity index (χ1n) is 18.1. The van der Waals surface area contributed by atoms with Gasteiger partial charge in [-0.1, -0.05) is 70.9 Å². The summed E-state index contributed by atoms with van der Waals surface area (Å²) in [4.78, 5) is 32.5. The van der Waals surface area contributed by atoms with Crippen molar-refractivity contribution in [3.05, 3.63) is 73.1 Å². The third kappa shape index (κ3) is 5.08. The van der Waals surface area contributed by atoms with Gasteiger partial charge in [-0.05, 0) is 141 Å². The van der Waals surface area contributed by atoms with Gasteiger partial charge < -0.3 is 0 Å². The second-order valence-electron chi connectivity index (χ2n) is 15.8. The Morgan fingerprint density at radius 3 is 2.53 bits per heavy atom. The van der Waals surface area contributed by atoms with Crippen molar-refractivity contribution < 1.29 is 0 Å². The molecule has 7 rings (SSSR count). The largest absolute Gasteiger partial charge is 0.349 e. The maximum absolute atomic E-state index is 13.2. The molecule has 0 unspecified atom stereocenters. The number of allylic oxidation sites excluding steroid dienone is 1. The lowest BCUT2D eigenvalue weighted by atomic mass is 9.46. The van der Waals surface area contributed by atoms with Crippen LogP contribution in [0.2, 0.25) is 0 Å². The molecule has 0 aromatic heterocycles. The summed E-state index contributed by atoms with van der Waals surface area (Å²) in [6, 6.07) is 8.44. The Balaban J connectivity index is 1.22. The van der Waals surface area contributed by atoms with E-state index in [-0.39, 0.29) is 11.0 Å². The molecule has 0 spiro atoms. The van der Waals surface area contributed by atoms with E-state index in [0.29, 0.717) is 22.7 Å². The number of H-pyrrole nitrogens is 1. The Labute approximate surface area is 269 Å². The van der Waals surface area contributed by atoms with Crippen LogP contribution in [0, 0.1) is 48.3 Å².